The van der Waals surface area contributed by atoms with E-state index in [0.29, 0.717) is 13.2 Å². The number of imidazole rings is 1. The van der Waals surface area contributed by atoms with E-state index >= 15 is 0 Å². The molecule has 0 aliphatic carbocycles. The molecule has 186 valence electrons. The minimum absolute atomic E-state index is 0.00781. The van der Waals surface area contributed by atoms with Crippen LogP contribution in [0, 0.1) is 5.92 Å². The number of fused-ring (bicyclic) bond motifs is 1. The van der Waals surface area contributed by atoms with Crippen LogP contribution >= 0.6 is 0 Å². The first-order valence-corrected chi connectivity index (χ1v) is 12.6. The predicted octanol–water partition coefficient (Wildman–Crippen LogP) is 2.68. The Kier molecular flexibility index (Phi) is 7.08. The van der Waals surface area contributed by atoms with Crippen LogP contribution < -0.4 is 4.90 Å². The number of aliphatic hydroxyl groups excluding tert-OH is 1. The highest BCUT2D eigenvalue weighted by Gasteiger charge is 2.25. The lowest BCUT2D eigenvalue weighted by Gasteiger charge is -2.31. The number of nitrogens with zero attached hydrogens (tertiary/aromatic N) is 6. The summed E-state index contributed by atoms with van der Waals surface area (Å²) >= 11 is 0. The molecule has 2 aliphatic rings. The van der Waals surface area contributed by atoms with Gasteiger partial charge in [0, 0.05) is 37.2 Å². The molecule has 35 heavy (non-hydrogen) atoms. The minimum atomic E-state index is -0.348. The fraction of sp³-hybridized carbons (Fsp3) is 0.538. The van der Waals surface area contributed by atoms with Gasteiger partial charge in [0.05, 0.1) is 19.5 Å². The molecule has 9 heteroatoms. The first-order chi connectivity index (χ1) is 17.0. The number of carbonyl (C=O) groups is 1. The number of ketones is 1. The largest absolute Gasteiger partial charge is 0.389 e. The maximum absolute atomic E-state index is 11.8. The molecule has 3 aromatic rings. The number of hydrogen-bond donors (Lipinski definition) is 1. The van der Waals surface area contributed by atoms with Gasteiger partial charge in [0.25, 0.3) is 0 Å². The van der Waals surface area contributed by atoms with E-state index in [9.17, 15) is 4.79 Å². The van der Waals surface area contributed by atoms with Gasteiger partial charge in [-0.2, -0.15) is 4.98 Å². The lowest BCUT2D eigenvalue weighted by molar-refractivity contribution is -0.127. The van der Waals surface area contributed by atoms with Crippen molar-refractivity contribution < 1.29 is 14.6 Å². The topological polar surface area (TPSA) is 96.6 Å². The summed E-state index contributed by atoms with van der Waals surface area (Å²) in [4.78, 5) is 31.0. The van der Waals surface area contributed by atoms with E-state index in [0.717, 1.165) is 73.9 Å². The van der Waals surface area contributed by atoms with E-state index < -0.39 is 0 Å². The van der Waals surface area contributed by atoms with E-state index in [-0.39, 0.29) is 24.3 Å². The third-order valence-corrected chi connectivity index (χ3v) is 7.07. The normalized spacial score (nSPS) is 18.0. The van der Waals surface area contributed by atoms with Crippen molar-refractivity contribution in [2.75, 3.05) is 50.9 Å². The van der Waals surface area contributed by atoms with Crippen LogP contribution in [-0.4, -0.2) is 81.3 Å². The highest BCUT2D eigenvalue weighted by atomic mass is 16.5. The molecular weight excluding hydrogens is 444 g/mol. The molecule has 2 saturated heterocycles. The third kappa shape index (κ3) is 5.07. The van der Waals surface area contributed by atoms with E-state index in [1.807, 2.05) is 6.33 Å². The molecule has 9 nitrogen and oxygen atoms in total. The summed E-state index contributed by atoms with van der Waals surface area (Å²) in [6.07, 6.45) is 3.47. The number of anilines is 1. The van der Waals surface area contributed by atoms with Crippen molar-refractivity contribution in [1.29, 1.82) is 0 Å². The Hall–Kier alpha value is -2.88. The molecule has 0 saturated carbocycles. The number of rotatable bonds is 7. The number of benzene rings is 1. The molecule has 0 bridgehead atoms. The van der Waals surface area contributed by atoms with Crippen LogP contribution in [0.4, 0.5) is 5.95 Å². The van der Waals surface area contributed by atoms with Crippen LogP contribution in [-0.2, 0) is 16.1 Å². The van der Waals surface area contributed by atoms with Crippen LogP contribution in [0.15, 0.2) is 30.6 Å². The van der Waals surface area contributed by atoms with Crippen LogP contribution in [0.3, 0.4) is 0 Å². The zero-order chi connectivity index (χ0) is 24.4. The number of Topliss-reactive ketones (excluding diaryl/α,β-unsaturated/α-hetero) is 1. The van der Waals surface area contributed by atoms with Crippen LogP contribution in [0.2, 0.25) is 0 Å². The van der Waals surface area contributed by atoms with E-state index in [2.05, 4.69) is 52.5 Å². The molecule has 2 aromatic heterocycles. The predicted molar refractivity (Wildman–Crippen MR) is 134 cm³/mol. The standard InChI is InChI=1S/C26H34N6O3/c1-18(2)32-17-27-24-23(28-26(29-25(24)32)31-10-12-35-13-11-31)21-5-3-4-19(14-21)15-30-8-6-20(7-9-30)22(34)16-33/h3-5,14,17-18,20,33H,6-13,15-16H2,1-2H3. The number of aliphatic hydroxyl groups is 1. The monoisotopic (exact) mass is 478 g/mol. The molecule has 0 spiro atoms. The molecule has 2 fully saturated rings. The van der Waals surface area contributed by atoms with E-state index in [4.69, 9.17) is 24.8 Å². The number of likely N-dealkylation sites (tertiary alicyclic amines) is 1. The first-order valence-electron chi connectivity index (χ1n) is 12.6. The molecule has 0 amide bonds. The second-order valence-electron chi connectivity index (χ2n) is 9.76. The lowest BCUT2D eigenvalue weighted by Crippen LogP contribution is -2.37. The van der Waals surface area contributed by atoms with Gasteiger partial charge in [0.15, 0.2) is 11.4 Å². The highest BCUT2D eigenvalue weighted by Crippen LogP contribution is 2.30. The number of carbonyl (C=O) groups excluding carboxylic acids is 1. The molecule has 4 heterocycles. The summed E-state index contributed by atoms with van der Waals surface area (Å²) in [5.41, 5.74) is 4.76. The second kappa shape index (κ2) is 10.4. The Morgan fingerprint density at radius 2 is 1.91 bits per heavy atom. The van der Waals surface area contributed by atoms with Crippen LogP contribution in [0.5, 0.6) is 0 Å². The zero-order valence-corrected chi connectivity index (χ0v) is 20.6. The van der Waals surface area contributed by atoms with Gasteiger partial charge in [-0.05, 0) is 51.4 Å². The Balaban J connectivity index is 1.44. The Labute approximate surface area is 205 Å². The van der Waals surface area contributed by atoms with Gasteiger partial charge < -0.3 is 19.3 Å². The van der Waals surface area contributed by atoms with E-state index in [1.165, 1.54) is 5.56 Å². The highest BCUT2D eigenvalue weighted by molar-refractivity contribution is 5.88. The Morgan fingerprint density at radius 1 is 1.14 bits per heavy atom. The van der Waals surface area contributed by atoms with Gasteiger partial charge in [-0.15, -0.1) is 0 Å². The number of ether oxygens (including phenoxy) is 1. The molecule has 0 radical (unpaired) electrons. The quantitative estimate of drug-likeness (QED) is 0.554. The van der Waals surface area contributed by atoms with Gasteiger partial charge in [-0.1, -0.05) is 18.2 Å². The van der Waals surface area contributed by atoms with Crippen molar-refractivity contribution in [2.45, 2.75) is 39.3 Å². The van der Waals surface area contributed by atoms with Gasteiger partial charge in [0.1, 0.15) is 17.8 Å². The molecule has 0 atom stereocenters. The average molecular weight is 479 g/mol. The summed E-state index contributed by atoms with van der Waals surface area (Å²) in [6.45, 7) is 9.36. The van der Waals surface area contributed by atoms with Gasteiger partial charge in [-0.3, -0.25) is 9.69 Å². The molecule has 5 rings (SSSR count). The summed E-state index contributed by atoms with van der Waals surface area (Å²) in [7, 11) is 0. The minimum Gasteiger partial charge on any atom is -0.389 e. The second-order valence-corrected chi connectivity index (χ2v) is 9.76. The maximum atomic E-state index is 11.8. The van der Waals surface area contributed by atoms with Crippen molar-refractivity contribution in [1.82, 2.24) is 24.4 Å². The van der Waals surface area contributed by atoms with Gasteiger partial charge in [0.2, 0.25) is 5.95 Å². The number of morpholine rings is 1. The Morgan fingerprint density at radius 3 is 2.63 bits per heavy atom. The number of hydrogen-bond acceptors (Lipinski definition) is 8. The molecule has 1 N–H and O–H groups in total. The number of aromatic nitrogens is 4. The van der Waals surface area contributed by atoms with Gasteiger partial charge in [-0.25, -0.2) is 9.97 Å². The molecule has 0 unspecified atom stereocenters. The van der Waals surface area contributed by atoms with Crippen LogP contribution in [0.1, 0.15) is 38.3 Å². The van der Waals surface area contributed by atoms with Crippen molar-refractivity contribution in [3.63, 3.8) is 0 Å². The fourth-order valence-corrected chi connectivity index (χ4v) is 5.01. The summed E-state index contributed by atoms with van der Waals surface area (Å²) < 4.78 is 7.64. The SMILES string of the molecule is CC(C)n1cnc2c(-c3cccc(CN4CCC(C(=O)CO)CC4)c3)nc(N3CCOCC3)nc21. The molecule has 2 aliphatic heterocycles. The smallest absolute Gasteiger partial charge is 0.228 e. The zero-order valence-electron chi connectivity index (χ0n) is 20.6. The van der Waals surface area contributed by atoms with E-state index in [1.54, 1.807) is 0 Å². The summed E-state index contributed by atoms with van der Waals surface area (Å²) in [5.74, 6) is 0.683. The van der Waals surface area contributed by atoms with Crippen molar-refractivity contribution in [3.05, 3.63) is 36.2 Å². The average Bonchev–Trinajstić information content (AvgIpc) is 3.33. The van der Waals surface area contributed by atoms with Crippen molar-refractivity contribution >= 4 is 22.9 Å². The Bertz CT molecular complexity index is 1180. The van der Waals surface area contributed by atoms with Crippen molar-refractivity contribution in [2.24, 2.45) is 5.92 Å². The lowest BCUT2D eigenvalue weighted by atomic mass is 9.92. The fourth-order valence-electron chi connectivity index (χ4n) is 5.01. The van der Waals surface area contributed by atoms with Crippen LogP contribution in [0.25, 0.3) is 22.4 Å². The maximum Gasteiger partial charge on any atom is 0.228 e. The number of piperidine rings is 1. The third-order valence-electron chi connectivity index (χ3n) is 7.07. The first kappa shape index (κ1) is 23.8. The summed E-state index contributed by atoms with van der Waals surface area (Å²) in [6, 6.07) is 8.75. The summed E-state index contributed by atoms with van der Waals surface area (Å²) in [5, 5.41) is 9.15. The van der Waals surface area contributed by atoms with Crippen molar-refractivity contribution in [3.8, 4) is 11.3 Å². The molecular formula is C26H34N6O3. The molecule has 1 aromatic carbocycles. The van der Waals surface area contributed by atoms with Gasteiger partial charge >= 0.3 is 0 Å².